The third kappa shape index (κ3) is 6.87. The number of hydrogen-bond acceptors (Lipinski definition) is 2. The molecular formula is C14H30O2Si. The van der Waals surface area contributed by atoms with Gasteiger partial charge in [0.05, 0.1) is 0 Å². The van der Waals surface area contributed by atoms with E-state index in [0.29, 0.717) is 6.42 Å². The molecule has 3 heteroatoms. The van der Waals surface area contributed by atoms with Crippen molar-refractivity contribution in [2.45, 2.75) is 84.4 Å². The fourth-order valence-electron chi connectivity index (χ4n) is 1.36. The second-order valence-corrected chi connectivity index (χ2v) is 11.1. The third-order valence-electron chi connectivity index (χ3n) is 3.66. The maximum absolute atomic E-state index is 11.8. The average molecular weight is 258 g/mol. The molecule has 0 heterocycles. The summed E-state index contributed by atoms with van der Waals surface area (Å²) in [7, 11) is -1.89. The van der Waals surface area contributed by atoms with Gasteiger partial charge >= 0.3 is 0 Å². The number of carbonyl (C=O) groups is 1. The van der Waals surface area contributed by atoms with Crippen molar-refractivity contribution in [1.82, 2.24) is 0 Å². The number of hydrogen-bond donors (Lipinski definition) is 0. The molecule has 0 aliphatic rings. The van der Waals surface area contributed by atoms with Crippen molar-refractivity contribution in [3.05, 3.63) is 0 Å². The van der Waals surface area contributed by atoms with E-state index in [1.165, 1.54) is 19.3 Å². The van der Waals surface area contributed by atoms with Crippen molar-refractivity contribution >= 4 is 14.3 Å². The van der Waals surface area contributed by atoms with Crippen LogP contribution in [0.5, 0.6) is 0 Å². The maximum atomic E-state index is 11.8. The van der Waals surface area contributed by atoms with E-state index in [1.807, 2.05) is 0 Å². The fraction of sp³-hybridized carbons (Fsp3) is 0.929. The molecule has 0 aliphatic carbocycles. The monoisotopic (exact) mass is 258 g/mol. The quantitative estimate of drug-likeness (QED) is 0.480. The van der Waals surface area contributed by atoms with Gasteiger partial charge in [0, 0.05) is 6.42 Å². The highest BCUT2D eigenvalue weighted by Crippen LogP contribution is 2.36. The van der Waals surface area contributed by atoms with Gasteiger partial charge in [0.2, 0.25) is 0 Å². The Morgan fingerprint density at radius 1 is 1.06 bits per heavy atom. The first-order valence-electron chi connectivity index (χ1n) is 6.92. The van der Waals surface area contributed by atoms with Gasteiger partial charge in [-0.05, 0) is 24.6 Å². The summed E-state index contributed by atoms with van der Waals surface area (Å²) in [6, 6.07) is 0. The molecule has 0 amide bonds. The predicted octanol–water partition coefficient (Wildman–Crippen LogP) is 4.90. The van der Waals surface area contributed by atoms with Crippen LogP contribution in [0.2, 0.25) is 18.1 Å². The maximum Gasteiger partial charge on any atom is 0.292 e. The Morgan fingerprint density at radius 3 is 2.06 bits per heavy atom. The van der Waals surface area contributed by atoms with Crippen LogP contribution in [0.1, 0.15) is 66.2 Å². The van der Waals surface area contributed by atoms with Crippen LogP contribution in [0.3, 0.4) is 0 Å². The first kappa shape index (κ1) is 16.7. The Hall–Kier alpha value is -0.313. The van der Waals surface area contributed by atoms with Gasteiger partial charge in [-0.25, -0.2) is 0 Å². The summed E-state index contributed by atoms with van der Waals surface area (Å²) in [5.41, 5.74) is 0. The van der Waals surface area contributed by atoms with Crippen LogP contribution in [0.15, 0.2) is 0 Å². The van der Waals surface area contributed by atoms with Crippen LogP contribution in [0.4, 0.5) is 0 Å². The van der Waals surface area contributed by atoms with Crippen molar-refractivity contribution in [1.29, 1.82) is 0 Å². The Kier molecular flexibility index (Phi) is 7.06. The Labute approximate surface area is 108 Å². The van der Waals surface area contributed by atoms with Gasteiger partial charge in [-0.2, -0.15) is 0 Å². The minimum atomic E-state index is -1.89. The van der Waals surface area contributed by atoms with E-state index in [1.54, 1.807) is 0 Å². The van der Waals surface area contributed by atoms with E-state index in [4.69, 9.17) is 4.43 Å². The summed E-state index contributed by atoms with van der Waals surface area (Å²) < 4.78 is 5.71. The Bertz CT molecular complexity index is 229. The number of carbonyl (C=O) groups excluding carboxylic acids is 1. The summed E-state index contributed by atoms with van der Waals surface area (Å²) in [5, 5.41) is 0.116. The Morgan fingerprint density at radius 2 is 1.59 bits per heavy atom. The van der Waals surface area contributed by atoms with Crippen molar-refractivity contribution < 1.29 is 9.22 Å². The van der Waals surface area contributed by atoms with Crippen molar-refractivity contribution in [3.63, 3.8) is 0 Å². The van der Waals surface area contributed by atoms with Gasteiger partial charge in [0.25, 0.3) is 14.3 Å². The minimum absolute atomic E-state index is 0.00749. The summed E-state index contributed by atoms with van der Waals surface area (Å²) in [5.74, 6) is 0.00749. The zero-order chi connectivity index (χ0) is 13.5. The van der Waals surface area contributed by atoms with Gasteiger partial charge in [-0.3, -0.25) is 4.79 Å². The molecule has 0 fully saturated rings. The largest absolute Gasteiger partial charge is 0.519 e. The fourth-order valence-corrected chi connectivity index (χ4v) is 2.34. The summed E-state index contributed by atoms with van der Waals surface area (Å²) >= 11 is 0. The highest BCUT2D eigenvalue weighted by Gasteiger charge is 2.40. The number of unbranched alkanes of at least 4 members (excludes halogenated alkanes) is 4. The molecule has 0 aromatic carbocycles. The molecule has 0 aromatic rings. The second kappa shape index (κ2) is 7.19. The molecule has 0 saturated heterocycles. The van der Waals surface area contributed by atoms with Gasteiger partial charge in [-0.1, -0.05) is 53.4 Å². The summed E-state index contributed by atoms with van der Waals surface area (Å²) in [4.78, 5) is 11.8. The van der Waals surface area contributed by atoms with E-state index in [0.717, 1.165) is 12.8 Å². The molecule has 17 heavy (non-hydrogen) atoms. The number of rotatable bonds is 7. The average Bonchev–Trinajstić information content (AvgIpc) is 2.14. The van der Waals surface area contributed by atoms with Crippen molar-refractivity contribution in [3.8, 4) is 0 Å². The van der Waals surface area contributed by atoms with Crippen LogP contribution < -0.4 is 0 Å². The molecule has 0 atom stereocenters. The molecule has 0 unspecified atom stereocenters. The first-order chi connectivity index (χ1) is 7.70. The molecule has 0 radical (unpaired) electrons. The molecule has 0 rings (SSSR count). The zero-order valence-corrected chi connectivity index (χ0v) is 13.6. The second-order valence-electron chi connectivity index (χ2n) is 6.40. The zero-order valence-electron chi connectivity index (χ0n) is 12.6. The van der Waals surface area contributed by atoms with Crippen LogP contribution in [-0.4, -0.2) is 14.3 Å². The summed E-state index contributed by atoms with van der Waals surface area (Å²) in [6.07, 6.45) is 6.49. The van der Waals surface area contributed by atoms with Crippen LogP contribution in [-0.2, 0) is 9.22 Å². The SMILES string of the molecule is CCCCCCCC(=O)O[Si](C)(C)C(C)(C)C. The predicted molar refractivity (Wildman–Crippen MR) is 76.7 cm³/mol. The van der Waals surface area contributed by atoms with Gasteiger partial charge < -0.3 is 4.43 Å². The lowest BCUT2D eigenvalue weighted by atomic mass is 10.1. The molecule has 2 nitrogen and oxygen atoms in total. The lowest BCUT2D eigenvalue weighted by Crippen LogP contribution is -2.42. The minimum Gasteiger partial charge on any atom is -0.519 e. The molecule has 0 aromatic heterocycles. The van der Waals surface area contributed by atoms with Crippen LogP contribution in [0, 0.1) is 0 Å². The van der Waals surface area contributed by atoms with E-state index >= 15 is 0 Å². The lowest BCUT2D eigenvalue weighted by Gasteiger charge is -2.35. The van der Waals surface area contributed by atoms with Crippen molar-refractivity contribution in [2.75, 3.05) is 0 Å². The lowest BCUT2D eigenvalue weighted by molar-refractivity contribution is -0.135. The highest BCUT2D eigenvalue weighted by atomic mass is 28.4. The van der Waals surface area contributed by atoms with Gasteiger partial charge in [0.1, 0.15) is 0 Å². The van der Waals surface area contributed by atoms with E-state index in [9.17, 15) is 4.79 Å². The smallest absolute Gasteiger partial charge is 0.292 e. The van der Waals surface area contributed by atoms with E-state index in [2.05, 4.69) is 40.8 Å². The molecule has 0 N–H and O–H groups in total. The highest BCUT2D eigenvalue weighted by molar-refractivity contribution is 6.75. The summed E-state index contributed by atoms with van der Waals surface area (Å²) in [6.45, 7) is 12.9. The molecule has 0 bridgehead atoms. The molecule has 102 valence electrons. The third-order valence-corrected chi connectivity index (χ3v) is 8.01. The standard InChI is InChI=1S/C14H30O2Si/c1-7-8-9-10-11-12-13(15)16-17(5,6)14(2,3)4/h7-12H2,1-6H3. The van der Waals surface area contributed by atoms with E-state index in [-0.39, 0.29) is 11.0 Å². The van der Waals surface area contributed by atoms with E-state index < -0.39 is 8.32 Å². The topological polar surface area (TPSA) is 26.3 Å². The van der Waals surface area contributed by atoms with Gasteiger partial charge in [0.15, 0.2) is 0 Å². The molecular weight excluding hydrogens is 228 g/mol. The molecule has 0 spiro atoms. The van der Waals surface area contributed by atoms with Crippen molar-refractivity contribution in [2.24, 2.45) is 0 Å². The molecule has 0 aliphatic heterocycles. The first-order valence-corrected chi connectivity index (χ1v) is 9.83. The molecule has 0 saturated carbocycles. The van der Waals surface area contributed by atoms with Crippen LogP contribution >= 0.6 is 0 Å². The van der Waals surface area contributed by atoms with Crippen LogP contribution in [0.25, 0.3) is 0 Å². The Balaban J connectivity index is 3.87. The van der Waals surface area contributed by atoms with Gasteiger partial charge in [-0.15, -0.1) is 0 Å². The normalized spacial score (nSPS) is 12.6.